The van der Waals surface area contributed by atoms with Crippen molar-refractivity contribution >= 4 is 34.2 Å². The van der Waals surface area contributed by atoms with Crippen LogP contribution in [0.3, 0.4) is 0 Å². The van der Waals surface area contributed by atoms with Crippen LogP contribution in [0, 0.1) is 24.6 Å². The monoisotopic (exact) mass is 482 g/mol. The number of fused-ring (bicyclic) bond motifs is 2. The summed E-state index contributed by atoms with van der Waals surface area (Å²) in [5, 5.41) is 4.11. The van der Waals surface area contributed by atoms with E-state index in [4.69, 9.17) is 9.47 Å². The number of nitrogens with zero attached hydrogens (tertiary/aromatic N) is 3. The minimum Gasteiger partial charge on any atom is -0.493 e. The molecule has 2 fully saturated rings. The minimum absolute atomic E-state index is 0.231. The third-order valence-electron chi connectivity index (χ3n) is 6.86. The Morgan fingerprint density at radius 2 is 2.03 bits per heavy atom. The number of nitrogens with one attached hydrogen (secondary N) is 1. The summed E-state index contributed by atoms with van der Waals surface area (Å²) in [5.41, 5.74) is 2.09. The van der Waals surface area contributed by atoms with Gasteiger partial charge in [-0.2, -0.15) is 11.8 Å². The van der Waals surface area contributed by atoms with Gasteiger partial charge in [-0.3, -0.25) is 0 Å². The first-order valence-electron chi connectivity index (χ1n) is 11.9. The molecule has 2 aliphatic heterocycles. The van der Waals surface area contributed by atoms with Crippen molar-refractivity contribution in [3.8, 4) is 11.5 Å². The molecule has 0 aliphatic carbocycles. The Hall–Kier alpha value is -2.58. The van der Waals surface area contributed by atoms with Gasteiger partial charge in [-0.25, -0.2) is 14.4 Å². The molecule has 2 aromatic carbocycles. The van der Waals surface area contributed by atoms with Gasteiger partial charge in [0.1, 0.15) is 18.0 Å². The van der Waals surface area contributed by atoms with E-state index in [-0.39, 0.29) is 5.82 Å². The average molecular weight is 483 g/mol. The van der Waals surface area contributed by atoms with E-state index in [1.807, 2.05) is 12.1 Å². The van der Waals surface area contributed by atoms with Gasteiger partial charge in [0.25, 0.3) is 0 Å². The van der Waals surface area contributed by atoms with Crippen molar-refractivity contribution in [3.63, 3.8) is 0 Å². The average Bonchev–Trinajstić information content (AvgIpc) is 3.32. The quantitative estimate of drug-likeness (QED) is 0.438. The fourth-order valence-corrected chi connectivity index (χ4v) is 6.46. The Bertz CT molecular complexity index is 1160. The Labute approximate surface area is 204 Å². The van der Waals surface area contributed by atoms with Crippen molar-refractivity contribution in [3.05, 3.63) is 48.0 Å². The second-order valence-corrected chi connectivity index (χ2v) is 10.3. The highest BCUT2D eigenvalue weighted by Gasteiger charge is 2.32. The second kappa shape index (κ2) is 10.4. The van der Waals surface area contributed by atoms with Crippen molar-refractivity contribution in [1.82, 2.24) is 14.9 Å². The molecule has 3 aromatic rings. The number of anilines is 2. The van der Waals surface area contributed by atoms with Gasteiger partial charge < -0.3 is 19.7 Å². The molecule has 2 saturated heterocycles. The van der Waals surface area contributed by atoms with Crippen LogP contribution in [0.25, 0.3) is 10.9 Å². The smallest absolute Gasteiger partial charge is 0.162 e. The highest BCUT2D eigenvalue weighted by molar-refractivity contribution is 7.99. The number of hydrogen-bond donors (Lipinski definition) is 1. The highest BCUT2D eigenvalue weighted by atomic mass is 32.2. The van der Waals surface area contributed by atoms with Crippen LogP contribution in [0.15, 0.2) is 36.7 Å². The maximum absolute atomic E-state index is 13.7. The molecule has 0 bridgehead atoms. The first-order valence-corrected chi connectivity index (χ1v) is 13.0. The van der Waals surface area contributed by atoms with Crippen molar-refractivity contribution in [2.75, 3.05) is 50.2 Å². The van der Waals surface area contributed by atoms with Gasteiger partial charge >= 0.3 is 0 Å². The van der Waals surface area contributed by atoms with E-state index in [1.165, 1.54) is 43.4 Å². The lowest BCUT2D eigenvalue weighted by molar-refractivity contribution is 0.139. The van der Waals surface area contributed by atoms with E-state index in [0.717, 1.165) is 41.4 Å². The lowest BCUT2D eigenvalue weighted by Gasteiger charge is -2.34. The Kier molecular flexibility index (Phi) is 7.06. The Morgan fingerprint density at radius 3 is 2.88 bits per heavy atom. The first kappa shape index (κ1) is 23.2. The van der Waals surface area contributed by atoms with E-state index < -0.39 is 0 Å². The van der Waals surface area contributed by atoms with Crippen LogP contribution in [0.4, 0.5) is 15.9 Å². The number of piperidine rings is 1. The number of benzene rings is 2. The molecule has 0 amide bonds. The molecule has 5 rings (SSSR count). The molecule has 2 atom stereocenters. The molecule has 1 N–H and O–H groups in total. The summed E-state index contributed by atoms with van der Waals surface area (Å²) < 4.78 is 25.4. The van der Waals surface area contributed by atoms with Gasteiger partial charge in [0.2, 0.25) is 0 Å². The number of likely N-dealkylation sites (tertiary alicyclic amines) is 1. The van der Waals surface area contributed by atoms with E-state index in [9.17, 15) is 4.39 Å². The van der Waals surface area contributed by atoms with Crippen LogP contribution in [-0.4, -0.2) is 59.7 Å². The predicted molar refractivity (Wildman–Crippen MR) is 136 cm³/mol. The molecule has 3 heterocycles. The summed E-state index contributed by atoms with van der Waals surface area (Å²) in [4.78, 5) is 11.4. The molecular formula is C26H31FN4O2S. The summed E-state index contributed by atoms with van der Waals surface area (Å²) in [6.45, 7) is 5.85. The third kappa shape index (κ3) is 5.08. The molecule has 0 radical (unpaired) electrons. The SMILES string of the molecule is COc1cc2ncnc(Nc3ccc(F)c(C)c3)c2cc1OCCCN1CCC2CSCC2C1. The van der Waals surface area contributed by atoms with E-state index in [2.05, 4.69) is 31.9 Å². The third-order valence-corrected chi connectivity index (χ3v) is 8.18. The lowest BCUT2D eigenvalue weighted by Crippen LogP contribution is -2.40. The summed E-state index contributed by atoms with van der Waals surface area (Å²) in [6, 6.07) is 8.71. The number of ether oxygens (including phenoxy) is 2. The molecule has 2 aliphatic rings. The minimum atomic E-state index is -0.231. The molecule has 1 aromatic heterocycles. The van der Waals surface area contributed by atoms with E-state index in [1.54, 1.807) is 26.2 Å². The van der Waals surface area contributed by atoms with Crippen LogP contribution < -0.4 is 14.8 Å². The molecule has 180 valence electrons. The van der Waals surface area contributed by atoms with Crippen molar-refractivity contribution in [2.45, 2.75) is 19.8 Å². The lowest BCUT2D eigenvalue weighted by atomic mass is 9.89. The molecule has 0 saturated carbocycles. The standard InChI is InChI=1S/C26H31FN4O2S/c1-17-10-20(4-5-22(17)27)30-26-21-11-25(24(32-2)12-23(21)28-16-29-26)33-9-3-7-31-8-6-18-14-34-15-19(18)13-31/h4-5,10-12,16,18-19H,3,6-9,13-15H2,1-2H3,(H,28,29,30). The number of halogens is 1. The van der Waals surface area contributed by atoms with Gasteiger partial charge in [-0.05, 0) is 79.5 Å². The molecule has 34 heavy (non-hydrogen) atoms. The fraction of sp³-hybridized carbons (Fsp3) is 0.462. The first-order chi connectivity index (χ1) is 16.6. The molecule has 8 heteroatoms. The number of aromatic nitrogens is 2. The zero-order valence-electron chi connectivity index (χ0n) is 19.7. The number of methoxy groups -OCH3 is 1. The Balaban J connectivity index is 1.26. The number of hydrogen-bond acceptors (Lipinski definition) is 7. The van der Waals surface area contributed by atoms with Crippen LogP contribution in [-0.2, 0) is 0 Å². The van der Waals surface area contributed by atoms with Crippen LogP contribution in [0.5, 0.6) is 11.5 Å². The van der Waals surface area contributed by atoms with Crippen molar-refractivity contribution in [1.29, 1.82) is 0 Å². The number of aryl methyl sites for hydroxylation is 1. The van der Waals surface area contributed by atoms with Gasteiger partial charge in [0.05, 0.1) is 19.2 Å². The summed E-state index contributed by atoms with van der Waals surface area (Å²) in [5.74, 6) is 6.21. The van der Waals surface area contributed by atoms with Crippen LogP contribution in [0.2, 0.25) is 0 Å². The van der Waals surface area contributed by atoms with Crippen LogP contribution in [0.1, 0.15) is 18.4 Å². The van der Waals surface area contributed by atoms with Gasteiger partial charge in [0.15, 0.2) is 11.5 Å². The maximum Gasteiger partial charge on any atom is 0.162 e. The molecular weight excluding hydrogens is 451 g/mol. The number of rotatable bonds is 8. The second-order valence-electron chi connectivity index (χ2n) is 9.18. The summed E-state index contributed by atoms with van der Waals surface area (Å²) in [7, 11) is 1.64. The predicted octanol–water partition coefficient (Wildman–Crippen LogP) is 5.28. The fourth-order valence-electron chi connectivity index (χ4n) is 4.90. The zero-order chi connectivity index (χ0) is 23.5. The zero-order valence-corrected chi connectivity index (χ0v) is 20.5. The largest absolute Gasteiger partial charge is 0.493 e. The normalized spacial score (nSPS) is 20.3. The summed E-state index contributed by atoms with van der Waals surface area (Å²) in [6.07, 6.45) is 3.81. The summed E-state index contributed by atoms with van der Waals surface area (Å²) >= 11 is 2.12. The topological polar surface area (TPSA) is 59.5 Å². The van der Waals surface area contributed by atoms with Crippen LogP contribution >= 0.6 is 11.8 Å². The van der Waals surface area contributed by atoms with Gasteiger partial charge in [-0.1, -0.05) is 0 Å². The van der Waals surface area contributed by atoms with Crippen molar-refractivity contribution in [2.24, 2.45) is 11.8 Å². The van der Waals surface area contributed by atoms with E-state index >= 15 is 0 Å². The maximum atomic E-state index is 13.7. The van der Waals surface area contributed by atoms with Gasteiger partial charge in [0, 0.05) is 30.2 Å². The van der Waals surface area contributed by atoms with Gasteiger partial charge in [-0.15, -0.1) is 0 Å². The molecule has 2 unspecified atom stereocenters. The van der Waals surface area contributed by atoms with Crippen molar-refractivity contribution < 1.29 is 13.9 Å². The highest BCUT2D eigenvalue weighted by Crippen LogP contribution is 2.37. The number of thioether (sulfide) groups is 1. The molecule has 6 nitrogen and oxygen atoms in total. The molecule has 0 spiro atoms. The van der Waals surface area contributed by atoms with E-state index in [0.29, 0.717) is 29.5 Å². The Morgan fingerprint density at radius 1 is 1.15 bits per heavy atom.